The quantitative estimate of drug-likeness (QED) is 0.418. The first-order valence-electron chi connectivity index (χ1n) is 13.3. The number of carbonyl (C=O) groups excluding carboxylic acids is 1. The fraction of sp³-hybridized carbons (Fsp3) is 0.567. The second kappa shape index (κ2) is 12.0. The van der Waals surface area contributed by atoms with Gasteiger partial charge in [-0.05, 0) is 80.3 Å². The molecular formula is C30H43F2N3O3. The lowest BCUT2D eigenvalue weighted by Gasteiger charge is -2.35. The minimum Gasteiger partial charge on any atom is -0.444 e. The lowest BCUT2D eigenvalue weighted by molar-refractivity contribution is 0.0419. The van der Waals surface area contributed by atoms with Crippen LogP contribution in [0.1, 0.15) is 70.7 Å². The number of halogens is 2. The number of amides is 1. The smallest absolute Gasteiger partial charge is 0.407 e. The number of fused-ring (bicyclic) bond motifs is 1. The van der Waals surface area contributed by atoms with E-state index in [1.165, 1.54) is 23.3 Å². The Morgan fingerprint density at radius 1 is 1.08 bits per heavy atom. The Hall–Kier alpha value is -2.71. The molecule has 2 aromatic rings. The van der Waals surface area contributed by atoms with Crippen LogP contribution in [0.5, 0.6) is 0 Å². The average Bonchev–Trinajstić information content (AvgIpc) is 2.75. The molecule has 1 amide bonds. The van der Waals surface area contributed by atoms with Gasteiger partial charge in [0, 0.05) is 37.9 Å². The fourth-order valence-electron chi connectivity index (χ4n) is 4.89. The summed E-state index contributed by atoms with van der Waals surface area (Å²) in [5.74, 6) is -1.42. The second-order valence-electron chi connectivity index (χ2n) is 12.6. The van der Waals surface area contributed by atoms with Crippen LogP contribution in [0, 0.1) is 17.0 Å². The average molecular weight is 532 g/mol. The third-order valence-electron chi connectivity index (χ3n) is 6.48. The van der Waals surface area contributed by atoms with Gasteiger partial charge in [0.2, 0.25) is 0 Å². The Labute approximate surface area is 225 Å². The molecule has 0 aromatic heterocycles. The van der Waals surface area contributed by atoms with Gasteiger partial charge in [0.15, 0.2) is 0 Å². The van der Waals surface area contributed by atoms with Gasteiger partial charge < -0.3 is 25.4 Å². The molecule has 0 fully saturated rings. The summed E-state index contributed by atoms with van der Waals surface area (Å²) in [4.78, 5) is 14.8. The van der Waals surface area contributed by atoms with Crippen molar-refractivity contribution < 1.29 is 23.4 Å². The van der Waals surface area contributed by atoms with Gasteiger partial charge in [-0.2, -0.15) is 0 Å². The zero-order valence-electron chi connectivity index (χ0n) is 23.7. The zero-order valence-corrected chi connectivity index (χ0v) is 23.7. The van der Waals surface area contributed by atoms with Crippen molar-refractivity contribution in [1.29, 1.82) is 0 Å². The van der Waals surface area contributed by atoms with Gasteiger partial charge in [0.25, 0.3) is 0 Å². The van der Waals surface area contributed by atoms with E-state index in [9.17, 15) is 18.7 Å². The molecule has 1 heterocycles. The maximum Gasteiger partial charge on any atom is 0.407 e. The summed E-state index contributed by atoms with van der Waals surface area (Å²) in [5.41, 5.74) is 3.35. The number of hydrogen-bond donors (Lipinski definition) is 3. The van der Waals surface area contributed by atoms with E-state index in [-0.39, 0.29) is 24.4 Å². The van der Waals surface area contributed by atoms with Gasteiger partial charge >= 0.3 is 6.09 Å². The maximum absolute atomic E-state index is 13.8. The second-order valence-corrected chi connectivity index (χ2v) is 12.6. The number of aliphatic hydroxyl groups excluding tert-OH is 1. The molecular weight excluding hydrogens is 488 g/mol. The lowest BCUT2D eigenvalue weighted by Crippen LogP contribution is -2.50. The molecule has 2 aromatic carbocycles. The molecule has 1 aliphatic rings. The highest BCUT2D eigenvalue weighted by atomic mass is 19.1. The van der Waals surface area contributed by atoms with Crippen LogP contribution < -0.4 is 15.5 Å². The Kier molecular flexibility index (Phi) is 9.42. The monoisotopic (exact) mass is 531 g/mol. The van der Waals surface area contributed by atoms with Crippen molar-refractivity contribution >= 4 is 11.8 Å². The van der Waals surface area contributed by atoms with E-state index in [2.05, 4.69) is 61.6 Å². The number of nitrogens with zero attached hydrogens (tertiary/aromatic N) is 1. The molecule has 1 aliphatic heterocycles. The van der Waals surface area contributed by atoms with Crippen molar-refractivity contribution in [2.24, 2.45) is 5.41 Å². The van der Waals surface area contributed by atoms with Crippen molar-refractivity contribution in [3.05, 3.63) is 64.7 Å². The van der Waals surface area contributed by atoms with Crippen LogP contribution in [0.3, 0.4) is 0 Å². The van der Waals surface area contributed by atoms with Gasteiger partial charge in [-0.25, -0.2) is 13.6 Å². The van der Waals surface area contributed by atoms with Crippen molar-refractivity contribution in [3.8, 4) is 0 Å². The molecule has 210 valence electrons. The minimum absolute atomic E-state index is 0.0181. The SMILES string of the molecule is CN1CCC(NC[C@@H](O)[C@H](Cc2cc(F)cc(F)c2)NC(=O)OC(C)(C)C)c2cc(CC(C)(C)C)ccc21. The number of nitrogens with one attached hydrogen (secondary N) is 2. The third kappa shape index (κ3) is 8.95. The number of carbonyl (C=O) groups is 1. The molecule has 8 heteroatoms. The van der Waals surface area contributed by atoms with E-state index in [0.29, 0.717) is 5.56 Å². The van der Waals surface area contributed by atoms with Crippen molar-refractivity contribution in [3.63, 3.8) is 0 Å². The van der Waals surface area contributed by atoms with Gasteiger partial charge in [0.1, 0.15) is 17.2 Å². The predicted molar refractivity (Wildman–Crippen MR) is 147 cm³/mol. The van der Waals surface area contributed by atoms with Gasteiger partial charge in [-0.1, -0.05) is 32.9 Å². The molecule has 0 spiro atoms. The van der Waals surface area contributed by atoms with Gasteiger partial charge in [0.05, 0.1) is 12.1 Å². The van der Waals surface area contributed by atoms with Gasteiger partial charge in [-0.3, -0.25) is 0 Å². The summed E-state index contributed by atoms with van der Waals surface area (Å²) in [5, 5.41) is 17.4. The van der Waals surface area contributed by atoms with Crippen LogP contribution in [0.15, 0.2) is 36.4 Å². The zero-order chi connectivity index (χ0) is 28.3. The summed E-state index contributed by atoms with van der Waals surface area (Å²) < 4.78 is 33.0. The molecule has 0 bridgehead atoms. The van der Waals surface area contributed by atoms with Crippen molar-refractivity contribution in [2.45, 2.75) is 84.6 Å². The maximum atomic E-state index is 13.8. The number of alkyl carbamates (subject to hydrolysis) is 1. The Morgan fingerprint density at radius 2 is 1.74 bits per heavy atom. The third-order valence-corrected chi connectivity index (χ3v) is 6.48. The molecule has 1 unspecified atom stereocenters. The highest BCUT2D eigenvalue weighted by Gasteiger charge is 2.29. The van der Waals surface area contributed by atoms with Crippen molar-refractivity contribution in [1.82, 2.24) is 10.6 Å². The number of aliphatic hydroxyl groups is 1. The van der Waals surface area contributed by atoms with E-state index >= 15 is 0 Å². The number of benzene rings is 2. The number of rotatable bonds is 8. The number of hydrogen-bond acceptors (Lipinski definition) is 5. The molecule has 0 saturated carbocycles. The number of anilines is 1. The summed E-state index contributed by atoms with van der Waals surface area (Å²) >= 11 is 0. The Morgan fingerprint density at radius 3 is 2.34 bits per heavy atom. The molecule has 6 nitrogen and oxygen atoms in total. The highest BCUT2D eigenvalue weighted by Crippen LogP contribution is 2.35. The summed E-state index contributed by atoms with van der Waals surface area (Å²) in [6, 6.07) is 8.98. The van der Waals surface area contributed by atoms with Crippen LogP contribution in [0.2, 0.25) is 0 Å². The van der Waals surface area contributed by atoms with Crippen LogP contribution >= 0.6 is 0 Å². The Bertz CT molecular complexity index is 1090. The number of ether oxygens (including phenoxy) is 1. The standard InChI is InChI=1S/C30H43F2N3O3/c1-29(2,3)17-19-8-9-26-23(14-19)24(10-11-35(26)7)33-18-27(36)25(34-28(37)38-30(4,5)6)15-20-12-21(31)16-22(32)13-20/h8-9,12-14,16,24-25,27,33,36H,10-11,15,17-18H2,1-7H3,(H,34,37)/t24?,25-,27+/m0/s1. The largest absolute Gasteiger partial charge is 0.444 e. The summed E-state index contributed by atoms with van der Waals surface area (Å²) in [6.45, 7) is 12.9. The molecule has 0 saturated heterocycles. The van der Waals surface area contributed by atoms with E-state index in [4.69, 9.17) is 4.74 Å². The fourth-order valence-corrected chi connectivity index (χ4v) is 4.89. The molecule has 0 radical (unpaired) electrons. The Balaban J connectivity index is 1.77. The molecule has 3 atom stereocenters. The van der Waals surface area contributed by atoms with Crippen LogP contribution in [0.4, 0.5) is 19.3 Å². The van der Waals surface area contributed by atoms with Crippen LogP contribution in [0.25, 0.3) is 0 Å². The normalized spacial score (nSPS) is 17.5. The van der Waals surface area contributed by atoms with E-state index < -0.39 is 35.5 Å². The molecule has 0 aliphatic carbocycles. The van der Waals surface area contributed by atoms with Crippen LogP contribution in [-0.2, 0) is 17.6 Å². The minimum atomic E-state index is -1.03. The molecule has 3 N–H and O–H groups in total. The first-order valence-corrected chi connectivity index (χ1v) is 13.3. The lowest BCUT2D eigenvalue weighted by atomic mass is 9.86. The van der Waals surface area contributed by atoms with E-state index in [0.717, 1.165) is 31.1 Å². The summed E-state index contributed by atoms with van der Waals surface area (Å²) in [7, 11) is 2.08. The highest BCUT2D eigenvalue weighted by molar-refractivity contribution is 5.68. The predicted octanol–water partition coefficient (Wildman–Crippen LogP) is 5.52. The first kappa shape index (κ1) is 29.8. The van der Waals surface area contributed by atoms with Gasteiger partial charge in [-0.15, -0.1) is 0 Å². The van der Waals surface area contributed by atoms with Crippen molar-refractivity contribution in [2.75, 3.05) is 25.0 Å². The molecule has 3 rings (SSSR count). The topological polar surface area (TPSA) is 73.8 Å². The summed E-state index contributed by atoms with van der Waals surface area (Å²) in [6.07, 6.45) is 0.112. The molecule has 38 heavy (non-hydrogen) atoms. The first-order chi connectivity index (χ1) is 17.6. The van der Waals surface area contributed by atoms with E-state index in [1.54, 1.807) is 20.8 Å². The van der Waals surface area contributed by atoms with E-state index in [1.807, 2.05) is 0 Å². The van der Waals surface area contributed by atoms with Crippen LogP contribution in [-0.4, -0.2) is 49.1 Å².